The summed E-state index contributed by atoms with van der Waals surface area (Å²) in [5.74, 6) is 1.62. The number of nitrogens with zero attached hydrogens (tertiary/aromatic N) is 3. The lowest BCUT2D eigenvalue weighted by Crippen LogP contribution is -2.50. The van der Waals surface area contributed by atoms with Crippen molar-refractivity contribution in [1.29, 1.82) is 0 Å². The highest BCUT2D eigenvalue weighted by Gasteiger charge is 2.44. The molecule has 2 aromatic carbocycles. The first-order chi connectivity index (χ1) is 14.3. The highest BCUT2D eigenvalue weighted by molar-refractivity contribution is 5.81. The van der Waals surface area contributed by atoms with E-state index in [2.05, 4.69) is 80.8 Å². The van der Waals surface area contributed by atoms with Crippen LogP contribution in [0.15, 0.2) is 65.7 Å². The number of morpholine rings is 1. The third-order valence-corrected chi connectivity index (χ3v) is 6.49. The molecule has 0 bridgehead atoms. The van der Waals surface area contributed by atoms with Crippen LogP contribution in [-0.2, 0) is 11.3 Å². The van der Waals surface area contributed by atoms with Gasteiger partial charge in [0.25, 0.3) is 0 Å². The molecule has 2 aliphatic heterocycles. The predicted octanol–water partition coefficient (Wildman–Crippen LogP) is 2.70. The number of hydrogen-bond acceptors (Lipinski definition) is 3. The van der Waals surface area contributed by atoms with Gasteiger partial charge in [-0.1, -0.05) is 60.7 Å². The fraction of sp³-hybridized carbons (Fsp3) is 0.458. The van der Waals surface area contributed by atoms with Crippen molar-refractivity contribution in [2.45, 2.75) is 37.1 Å². The van der Waals surface area contributed by atoms with E-state index in [0.29, 0.717) is 18.0 Å². The molecule has 1 saturated carbocycles. The van der Waals surface area contributed by atoms with Gasteiger partial charge < -0.3 is 15.0 Å². The maximum Gasteiger partial charge on any atom is 0.194 e. The van der Waals surface area contributed by atoms with Crippen LogP contribution in [0.5, 0.6) is 0 Å². The monoisotopic (exact) mass is 390 g/mol. The Kier molecular flexibility index (Phi) is 5.25. The summed E-state index contributed by atoms with van der Waals surface area (Å²) in [7, 11) is 1.90. The maximum atomic E-state index is 6.14. The largest absolute Gasteiger partial charge is 0.373 e. The molecule has 0 amide bonds. The molecule has 5 nitrogen and oxygen atoms in total. The van der Waals surface area contributed by atoms with Gasteiger partial charge in [-0.2, -0.15) is 0 Å². The minimum Gasteiger partial charge on any atom is -0.373 e. The van der Waals surface area contributed by atoms with Gasteiger partial charge in [0.15, 0.2) is 5.96 Å². The number of hydrogen-bond donors (Lipinski definition) is 1. The number of aliphatic imine (C=N–C) groups is 1. The van der Waals surface area contributed by atoms with Crippen LogP contribution in [0.2, 0.25) is 0 Å². The summed E-state index contributed by atoms with van der Waals surface area (Å²) >= 11 is 0. The van der Waals surface area contributed by atoms with Crippen LogP contribution in [0.4, 0.5) is 0 Å². The predicted molar refractivity (Wildman–Crippen MR) is 116 cm³/mol. The molecule has 29 heavy (non-hydrogen) atoms. The van der Waals surface area contributed by atoms with Crippen LogP contribution in [0.3, 0.4) is 0 Å². The molecule has 4 unspecified atom stereocenters. The topological polar surface area (TPSA) is 40.1 Å². The van der Waals surface area contributed by atoms with Gasteiger partial charge in [-0.05, 0) is 17.5 Å². The van der Waals surface area contributed by atoms with Crippen molar-refractivity contribution in [3.63, 3.8) is 0 Å². The van der Waals surface area contributed by atoms with Crippen LogP contribution < -0.4 is 5.32 Å². The molecule has 0 radical (unpaired) electrons. The Morgan fingerprint density at radius 2 is 1.83 bits per heavy atom. The zero-order valence-corrected chi connectivity index (χ0v) is 17.1. The van der Waals surface area contributed by atoms with Gasteiger partial charge in [0.1, 0.15) is 0 Å². The van der Waals surface area contributed by atoms with Gasteiger partial charge in [0, 0.05) is 45.2 Å². The average molecular weight is 391 g/mol. The number of benzene rings is 2. The summed E-state index contributed by atoms with van der Waals surface area (Å²) in [5.41, 5.74) is 2.80. The highest BCUT2D eigenvalue weighted by Crippen LogP contribution is 2.40. The van der Waals surface area contributed by atoms with Crippen LogP contribution >= 0.6 is 0 Å². The van der Waals surface area contributed by atoms with Crippen molar-refractivity contribution >= 4 is 5.96 Å². The normalized spacial score (nSPS) is 29.6. The van der Waals surface area contributed by atoms with Gasteiger partial charge in [-0.25, -0.2) is 0 Å². The van der Waals surface area contributed by atoms with E-state index in [9.17, 15) is 0 Å². The van der Waals surface area contributed by atoms with Crippen molar-refractivity contribution < 1.29 is 4.74 Å². The lowest BCUT2D eigenvalue weighted by Gasteiger charge is -2.36. The van der Waals surface area contributed by atoms with Gasteiger partial charge >= 0.3 is 0 Å². The third kappa shape index (κ3) is 4.02. The molecule has 2 heterocycles. The quantitative estimate of drug-likeness (QED) is 0.644. The van der Waals surface area contributed by atoms with Gasteiger partial charge in [-0.3, -0.25) is 9.89 Å². The number of guanidine groups is 1. The maximum absolute atomic E-state index is 6.14. The van der Waals surface area contributed by atoms with E-state index in [1.54, 1.807) is 0 Å². The second kappa shape index (κ2) is 8.17. The van der Waals surface area contributed by atoms with E-state index in [0.717, 1.165) is 38.7 Å². The average Bonchev–Trinajstić information content (AvgIpc) is 3.41. The molecule has 4 atom stereocenters. The van der Waals surface area contributed by atoms with Gasteiger partial charge in [-0.15, -0.1) is 0 Å². The summed E-state index contributed by atoms with van der Waals surface area (Å²) in [6.45, 7) is 4.68. The molecule has 3 aliphatic rings. The van der Waals surface area contributed by atoms with Crippen molar-refractivity contribution in [1.82, 2.24) is 15.1 Å². The van der Waals surface area contributed by atoms with E-state index in [1.807, 2.05) is 7.05 Å². The molecule has 1 N–H and O–H groups in total. The summed E-state index contributed by atoms with van der Waals surface area (Å²) in [6, 6.07) is 22.5. The summed E-state index contributed by atoms with van der Waals surface area (Å²) < 4.78 is 6.14. The van der Waals surface area contributed by atoms with E-state index >= 15 is 0 Å². The molecule has 5 heteroatoms. The summed E-state index contributed by atoms with van der Waals surface area (Å²) in [5, 5.41) is 3.71. The molecule has 152 valence electrons. The van der Waals surface area contributed by atoms with Gasteiger partial charge in [0.2, 0.25) is 0 Å². The summed E-state index contributed by atoms with van der Waals surface area (Å²) in [6.07, 6.45) is 1.44. The SMILES string of the molecule is CN=C(NC1CC1c1ccccc1)N1CC2OCCN(Cc3ccccc3)C2C1. The minimum absolute atomic E-state index is 0.259. The second-order valence-electron chi connectivity index (χ2n) is 8.39. The van der Waals surface area contributed by atoms with Crippen LogP contribution in [0, 0.1) is 0 Å². The third-order valence-electron chi connectivity index (χ3n) is 6.49. The van der Waals surface area contributed by atoms with Crippen LogP contribution in [0.1, 0.15) is 23.5 Å². The van der Waals surface area contributed by atoms with E-state index in [1.165, 1.54) is 17.5 Å². The molecule has 1 aliphatic carbocycles. The van der Waals surface area contributed by atoms with Crippen LogP contribution in [0.25, 0.3) is 0 Å². The Balaban J connectivity index is 1.22. The first-order valence-corrected chi connectivity index (χ1v) is 10.7. The molecular weight excluding hydrogens is 360 g/mol. The van der Waals surface area contributed by atoms with Crippen molar-refractivity contribution in [2.24, 2.45) is 4.99 Å². The Labute approximate surface area is 173 Å². The lowest BCUT2D eigenvalue weighted by molar-refractivity contribution is -0.0502. The first-order valence-electron chi connectivity index (χ1n) is 10.7. The van der Waals surface area contributed by atoms with E-state index < -0.39 is 0 Å². The molecular formula is C24H30N4O. The lowest BCUT2D eigenvalue weighted by atomic mass is 10.1. The fourth-order valence-corrected chi connectivity index (χ4v) is 4.83. The van der Waals surface area contributed by atoms with Crippen molar-refractivity contribution in [2.75, 3.05) is 33.3 Å². The second-order valence-corrected chi connectivity index (χ2v) is 8.39. The number of fused-ring (bicyclic) bond motifs is 1. The zero-order chi connectivity index (χ0) is 19.6. The Bertz CT molecular complexity index is 840. The Hall–Kier alpha value is -2.37. The highest BCUT2D eigenvalue weighted by atomic mass is 16.5. The molecule has 0 aromatic heterocycles. The number of ether oxygens (including phenoxy) is 1. The minimum atomic E-state index is 0.259. The van der Waals surface area contributed by atoms with E-state index in [4.69, 9.17) is 4.74 Å². The molecule has 5 rings (SSSR count). The molecule has 0 spiro atoms. The number of likely N-dealkylation sites (tertiary alicyclic amines) is 1. The van der Waals surface area contributed by atoms with Crippen LogP contribution in [-0.4, -0.2) is 67.2 Å². The number of rotatable bonds is 4. The standard InChI is InChI=1S/C24H30N4O/c1-25-24(26-21-14-20(21)19-10-6-3-7-11-19)28-16-22-23(17-28)29-13-12-27(22)15-18-8-4-2-5-9-18/h2-11,20-23H,12-17H2,1H3,(H,25,26). The van der Waals surface area contributed by atoms with Crippen molar-refractivity contribution in [3.8, 4) is 0 Å². The molecule has 3 fully saturated rings. The summed E-state index contributed by atoms with van der Waals surface area (Å²) in [4.78, 5) is 9.57. The molecule has 2 aromatic rings. The zero-order valence-electron chi connectivity index (χ0n) is 17.1. The fourth-order valence-electron chi connectivity index (χ4n) is 4.83. The Morgan fingerprint density at radius 1 is 1.07 bits per heavy atom. The van der Waals surface area contributed by atoms with Gasteiger partial charge in [0.05, 0.1) is 18.8 Å². The Morgan fingerprint density at radius 3 is 2.59 bits per heavy atom. The molecule has 2 saturated heterocycles. The number of nitrogens with one attached hydrogen (secondary N) is 1. The first kappa shape index (κ1) is 18.6. The smallest absolute Gasteiger partial charge is 0.194 e. The van der Waals surface area contributed by atoms with E-state index in [-0.39, 0.29) is 6.10 Å². The van der Waals surface area contributed by atoms with Crippen molar-refractivity contribution in [3.05, 3.63) is 71.8 Å².